The van der Waals surface area contributed by atoms with Gasteiger partial charge in [0.1, 0.15) is 24.0 Å². The number of β-lactam (4-membered cyclic amide) rings is 1. The molecule has 0 spiro atoms. The lowest BCUT2D eigenvalue weighted by Gasteiger charge is -2.48. The molecule has 0 aliphatic carbocycles. The van der Waals surface area contributed by atoms with Crippen LogP contribution in [0.1, 0.15) is 24.0 Å². The molecule has 1 aliphatic rings. The second kappa shape index (κ2) is 19.9. The number of hydrogen-bond donors (Lipinski definition) is 1. The number of thioether (sulfide) groups is 1. The van der Waals surface area contributed by atoms with E-state index in [4.69, 9.17) is 14.2 Å². The first-order valence-electron chi connectivity index (χ1n) is 18.6. The Labute approximate surface area is 348 Å². The van der Waals surface area contributed by atoms with Gasteiger partial charge in [-0.1, -0.05) is 103 Å². The second-order valence-electron chi connectivity index (χ2n) is 13.3. The van der Waals surface area contributed by atoms with Gasteiger partial charge in [-0.2, -0.15) is 0 Å². The number of carbonyl (C=O) groups is 4. The van der Waals surface area contributed by atoms with Gasteiger partial charge in [-0.3, -0.25) is 34.7 Å². The number of alkyl carbamates (subject to hydrolysis) is 1. The molecule has 6 rings (SSSR count). The van der Waals surface area contributed by atoms with Crippen molar-refractivity contribution in [1.29, 1.82) is 0 Å². The molecule has 2 atom stereocenters. The number of hydrogen-bond acceptors (Lipinski definition) is 12. The Balaban J connectivity index is 1.31. The summed E-state index contributed by atoms with van der Waals surface area (Å²) in [5, 5.41) is 25.7. The number of esters is 1. The Kier molecular flexibility index (Phi) is 14.3. The SMILES string of the molecule is CO[C@H]1C(=O)N(C(C(=O)OCc2ccc([N+](=O)[O-])cc2)=P(c2ccccc2)(c2ccccc2)c2ccccc2)[C@@H]1SC(=O)CCCNC(=O)OCc1ccc([N+](=O)[O-])cc1. The molecular weight excluding hydrogens is 812 g/mol. The van der Waals surface area contributed by atoms with E-state index in [1.807, 2.05) is 91.0 Å². The second-order valence-corrected chi connectivity index (χ2v) is 17.8. The number of carbonyl (C=O) groups excluding carboxylic acids is 4. The molecule has 0 radical (unpaired) electrons. The Morgan fingerprint density at radius 2 is 1.15 bits per heavy atom. The van der Waals surface area contributed by atoms with Gasteiger partial charge in [0.25, 0.3) is 17.3 Å². The number of likely N-dealkylation sites (tertiary alicyclic amines) is 1. The van der Waals surface area contributed by atoms with Crippen LogP contribution in [0.2, 0.25) is 0 Å². The number of benzene rings is 5. The highest BCUT2D eigenvalue weighted by Gasteiger charge is 2.55. The van der Waals surface area contributed by atoms with Gasteiger partial charge in [0.05, 0.1) is 9.85 Å². The molecule has 1 fully saturated rings. The highest BCUT2D eigenvalue weighted by Crippen LogP contribution is 2.50. The molecule has 1 N–H and O–H groups in total. The van der Waals surface area contributed by atoms with Crippen LogP contribution in [0.15, 0.2) is 140 Å². The van der Waals surface area contributed by atoms with Crippen molar-refractivity contribution in [2.24, 2.45) is 0 Å². The summed E-state index contributed by atoms with van der Waals surface area (Å²) in [5.41, 5.74) is 0.839. The van der Waals surface area contributed by atoms with Crippen LogP contribution in [-0.2, 0) is 41.8 Å². The molecular formula is C43H39N4O11PS. The lowest BCUT2D eigenvalue weighted by Crippen LogP contribution is -2.68. The quantitative estimate of drug-likeness (QED) is 0.0294. The van der Waals surface area contributed by atoms with Crippen LogP contribution in [0.5, 0.6) is 0 Å². The predicted octanol–water partition coefficient (Wildman–Crippen LogP) is 5.82. The fraction of sp³-hybridized carbons (Fsp3) is 0.186. The van der Waals surface area contributed by atoms with Crippen molar-refractivity contribution in [2.75, 3.05) is 13.7 Å². The molecule has 1 heterocycles. The molecule has 1 saturated heterocycles. The van der Waals surface area contributed by atoms with Crippen LogP contribution in [-0.4, -0.2) is 68.4 Å². The van der Waals surface area contributed by atoms with E-state index in [0.717, 1.165) is 27.7 Å². The van der Waals surface area contributed by atoms with Crippen LogP contribution < -0.4 is 21.2 Å². The average Bonchev–Trinajstić information content (AvgIpc) is 3.27. The van der Waals surface area contributed by atoms with Crippen molar-refractivity contribution in [3.05, 3.63) is 171 Å². The molecule has 0 bridgehead atoms. The fourth-order valence-electron chi connectivity index (χ4n) is 6.62. The summed E-state index contributed by atoms with van der Waals surface area (Å²) in [5.74, 6) is -1.37. The first-order chi connectivity index (χ1) is 29.0. The van der Waals surface area contributed by atoms with E-state index in [1.165, 1.54) is 60.5 Å². The number of nitrogens with zero attached hydrogens (tertiary/aromatic N) is 3. The lowest BCUT2D eigenvalue weighted by molar-refractivity contribution is -0.385. The number of nitro benzene ring substituents is 2. The summed E-state index contributed by atoms with van der Waals surface area (Å²) < 4.78 is 16.8. The Morgan fingerprint density at radius 3 is 1.58 bits per heavy atom. The summed E-state index contributed by atoms with van der Waals surface area (Å²) >= 11 is 0.841. The number of ether oxygens (including phenoxy) is 3. The first kappa shape index (κ1) is 43.0. The molecule has 60 heavy (non-hydrogen) atoms. The highest BCUT2D eigenvalue weighted by atomic mass is 32.2. The van der Waals surface area contributed by atoms with E-state index in [9.17, 15) is 39.4 Å². The monoisotopic (exact) mass is 850 g/mol. The van der Waals surface area contributed by atoms with Crippen LogP contribution >= 0.6 is 18.6 Å². The molecule has 0 unspecified atom stereocenters. The third-order valence-electron chi connectivity index (χ3n) is 9.52. The maximum Gasteiger partial charge on any atom is 0.407 e. The maximum absolute atomic E-state index is 15.0. The average molecular weight is 851 g/mol. The van der Waals surface area contributed by atoms with Crippen molar-refractivity contribution in [2.45, 2.75) is 37.5 Å². The standard InChI is InChI=1S/C43H39N4O11PS/c1-56-38-39(49)45(41(38)60-37(48)18-11-27-44-43(51)58-29-31-21-25-33(26-22-31)47(54)55)40(42(50)57-28-30-19-23-32(24-20-30)46(52)53)59(34-12-5-2-6-13-34,35-14-7-3-8-15-35)36-16-9-4-10-17-36/h2-10,12-17,19-26,38,41H,11,18,27-29H2,1H3,(H,44,51)/t38-,41+/m0/s1. The van der Waals surface area contributed by atoms with Crippen molar-refractivity contribution >= 4 is 74.4 Å². The van der Waals surface area contributed by atoms with Gasteiger partial charge in [0.2, 0.25) is 0 Å². The smallest absolute Gasteiger partial charge is 0.407 e. The number of nitro groups is 2. The highest BCUT2D eigenvalue weighted by molar-refractivity contribution is 8.14. The molecule has 2 amide bonds. The van der Waals surface area contributed by atoms with E-state index < -0.39 is 46.2 Å². The van der Waals surface area contributed by atoms with Gasteiger partial charge >= 0.3 is 12.1 Å². The first-order valence-corrected chi connectivity index (χ1v) is 21.2. The molecule has 5 aromatic rings. The number of non-ortho nitro benzene ring substituents is 2. The zero-order valence-electron chi connectivity index (χ0n) is 32.2. The molecule has 0 saturated carbocycles. The van der Waals surface area contributed by atoms with E-state index >= 15 is 0 Å². The van der Waals surface area contributed by atoms with E-state index in [2.05, 4.69) is 5.32 Å². The van der Waals surface area contributed by atoms with Gasteiger partial charge in [-0.15, -0.1) is 0 Å². The van der Waals surface area contributed by atoms with Gasteiger partial charge in [-0.05, 0) is 57.7 Å². The van der Waals surface area contributed by atoms with Crippen LogP contribution in [0.3, 0.4) is 0 Å². The van der Waals surface area contributed by atoms with Crippen molar-refractivity contribution < 1.29 is 43.2 Å². The van der Waals surface area contributed by atoms with E-state index in [-0.39, 0.29) is 54.5 Å². The number of nitrogens with one attached hydrogen (secondary N) is 1. The zero-order chi connectivity index (χ0) is 42.6. The minimum atomic E-state index is -3.32. The Morgan fingerprint density at radius 1 is 0.700 bits per heavy atom. The topological polar surface area (TPSA) is 198 Å². The summed E-state index contributed by atoms with van der Waals surface area (Å²) in [6, 6.07) is 39.2. The predicted molar refractivity (Wildman–Crippen MR) is 228 cm³/mol. The van der Waals surface area contributed by atoms with Crippen LogP contribution in [0, 0.1) is 20.2 Å². The van der Waals surface area contributed by atoms with Gasteiger partial charge in [-0.25, -0.2) is 9.59 Å². The summed E-state index contributed by atoms with van der Waals surface area (Å²) in [4.78, 5) is 77.7. The molecule has 17 heteroatoms. The van der Waals surface area contributed by atoms with E-state index in [0.29, 0.717) is 11.1 Å². The summed E-state index contributed by atoms with van der Waals surface area (Å²) in [6.07, 6.45) is -1.62. The largest absolute Gasteiger partial charge is 0.456 e. The van der Waals surface area contributed by atoms with Crippen molar-refractivity contribution in [3.63, 3.8) is 0 Å². The molecule has 1 aliphatic heterocycles. The minimum absolute atomic E-state index is 0.0153. The number of rotatable bonds is 17. The number of methoxy groups -OCH3 is 1. The normalized spacial score (nSPS) is 14.7. The Hall–Kier alpha value is -6.61. The summed E-state index contributed by atoms with van der Waals surface area (Å²) in [6.45, 7) is -3.62. The van der Waals surface area contributed by atoms with Crippen molar-refractivity contribution in [1.82, 2.24) is 10.2 Å². The molecule has 0 aromatic heterocycles. The van der Waals surface area contributed by atoms with Gasteiger partial charge in [0, 0.05) is 51.2 Å². The van der Waals surface area contributed by atoms with Gasteiger partial charge in [0.15, 0.2) is 11.2 Å². The summed E-state index contributed by atoms with van der Waals surface area (Å²) in [7, 11) is 1.35. The fourth-order valence-corrected chi connectivity index (χ4v) is 12.3. The lowest BCUT2D eigenvalue weighted by atomic mass is 10.1. The Bertz CT molecular complexity index is 2300. The van der Waals surface area contributed by atoms with Crippen LogP contribution in [0.4, 0.5) is 16.2 Å². The van der Waals surface area contributed by atoms with Gasteiger partial charge < -0.3 is 19.5 Å². The maximum atomic E-state index is 15.0. The zero-order valence-corrected chi connectivity index (χ0v) is 33.9. The third-order valence-corrected chi connectivity index (χ3v) is 14.9. The van der Waals surface area contributed by atoms with Crippen LogP contribution in [0.25, 0.3) is 0 Å². The molecule has 5 aromatic carbocycles. The molecule has 15 nitrogen and oxygen atoms in total. The van der Waals surface area contributed by atoms with E-state index in [1.54, 1.807) is 0 Å². The van der Waals surface area contributed by atoms with Crippen molar-refractivity contribution in [3.8, 4) is 0 Å². The third kappa shape index (κ3) is 9.63. The minimum Gasteiger partial charge on any atom is -0.456 e. The molecule has 308 valence electrons. The number of amides is 2.